The van der Waals surface area contributed by atoms with Crippen LogP contribution < -0.4 is 4.74 Å². The molecule has 146 valence electrons. The molecule has 1 aromatic heterocycles. The van der Waals surface area contributed by atoms with Gasteiger partial charge in [-0.3, -0.25) is 4.79 Å². The summed E-state index contributed by atoms with van der Waals surface area (Å²) in [7, 11) is 0. The van der Waals surface area contributed by atoms with E-state index in [0.717, 1.165) is 10.9 Å². The number of para-hydroxylation sites is 2. The standard InChI is InChI=1S/C26H18O4/c27-22(25-18-21-11-5-7-13-24(21)29-25)16-15-20-10-4-6-12-23(20)30-26(28)17-14-19-8-2-1-3-9-19/h1-18H. The molecule has 0 aliphatic carbocycles. The number of carbonyl (C=O) groups excluding carboxylic acids is 2. The number of esters is 1. The summed E-state index contributed by atoms with van der Waals surface area (Å²) < 4.78 is 11.0. The normalized spacial score (nSPS) is 11.3. The third-order valence-corrected chi connectivity index (χ3v) is 4.42. The van der Waals surface area contributed by atoms with Crippen LogP contribution in [0.5, 0.6) is 5.75 Å². The van der Waals surface area contributed by atoms with Crippen molar-refractivity contribution in [3.05, 3.63) is 114 Å². The van der Waals surface area contributed by atoms with Gasteiger partial charge in [0.05, 0.1) is 0 Å². The van der Waals surface area contributed by atoms with Crippen LogP contribution in [0.25, 0.3) is 23.1 Å². The van der Waals surface area contributed by atoms with E-state index in [9.17, 15) is 9.59 Å². The number of allylic oxidation sites excluding steroid dienone is 1. The van der Waals surface area contributed by atoms with Crippen LogP contribution in [0.3, 0.4) is 0 Å². The van der Waals surface area contributed by atoms with Gasteiger partial charge in [-0.1, -0.05) is 66.7 Å². The number of hydrogen-bond acceptors (Lipinski definition) is 4. The molecule has 0 N–H and O–H groups in total. The maximum Gasteiger partial charge on any atom is 0.336 e. The number of ether oxygens (including phenoxy) is 1. The minimum absolute atomic E-state index is 0.257. The van der Waals surface area contributed by atoms with Gasteiger partial charge in [0.25, 0.3) is 0 Å². The van der Waals surface area contributed by atoms with E-state index in [1.807, 2.05) is 60.7 Å². The summed E-state index contributed by atoms with van der Waals surface area (Å²) in [5.74, 6) is -0.138. The van der Waals surface area contributed by atoms with Crippen molar-refractivity contribution < 1.29 is 18.7 Å². The van der Waals surface area contributed by atoms with Crippen molar-refractivity contribution in [1.29, 1.82) is 0 Å². The Kier molecular flexibility index (Phi) is 5.67. The minimum atomic E-state index is -0.497. The third kappa shape index (κ3) is 4.62. The van der Waals surface area contributed by atoms with E-state index in [4.69, 9.17) is 9.15 Å². The van der Waals surface area contributed by atoms with Gasteiger partial charge in [-0.15, -0.1) is 0 Å². The average molecular weight is 394 g/mol. The maximum atomic E-state index is 12.5. The molecule has 0 saturated heterocycles. The summed E-state index contributed by atoms with van der Waals surface area (Å²) in [6, 6.07) is 25.7. The average Bonchev–Trinajstić information content (AvgIpc) is 3.22. The zero-order valence-electron chi connectivity index (χ0n) is 16.0. The Labute approximate surface area is 173 Å². The van der Waals surface area contributed by atoms with Gasteiger partial charge < -0.3 is 9.15 Å². The van der Waals surface area contributed by atoms with Crippen LogP contribution in [0.1, 0.15) is 21.7 Å². The van der Waals surface area contributed by atoms with Crippen molar-refractivity contribution in [3.63, 3.8) is 0 Å². The SMILES string of the molecule is O=C(C=Cc1ccccc1)Oc1ccccc1C=CC(=O)c1cc2ccccc2o1. The Morgan fingerprint density at radius 1 is 0.767 bits per heavy atom. The van der Waals surface area contributed by atoms with Crippen LogP contribution in [0.15, 0.2) is 101 Å². The molecule has 4 nitrogen and oxygen atoms in total. The van der Waals surface area contributed by atoms with Gasteiger partial charge in [-0.25, -0.2) is 4.79 Å². The molecule has 1 heterocycles. The molecule has 0 unspecified atom stereocenters. The molecule has 0 fully saturated rings. The number of furan rings is 1. The van der Waals surface area contributed by atoms with E-state index in [0.29, 0.717) is 16.9 Å². The van der Waals surface area contributed by atoms with Crippen LogP contribution in [0.2, 0.25) is 0 Å². The summed E-state index contributed by atoms with van der Waals surface area (Å²) in [5.41, 5.74) is 2.18. The quantitative estimate of drug-likeness (QED) is 0.176. The Bertz CT molecular complexity index is 1210. The van der Waals surface area contributed by atoms with Crippen molar-refractivity contribution in [1.82, 2.24) is 0 Å². The molecule has 0 radical (unpaired) electrons. The van der Waals surface area contributed by atoms with E-state index in [-0.39, 0.29) is 11.5 Å². The van der Waals surface area contributed by atoms with Crippen LogP contribution in [-0.4, -0.2) is 11.8 Å². The van der Waals surface area contributed by atoms with E-state index >= 15 is 0 Å². The van der Waals surface area contributed by atoms with Gasteiger partial charge in [0.1, 0.15) is 11.3 Å². The van der Waals surface area contributed by atoms with Crippen molar-refractivity contribution in [2.45, 2.75) is 0 Å². The summed E-state index contributed by atoms with van der Waals surface area (Å²) >= 11 is 0. The molecule has 0 aliphatic heterocycles. The Morgan fingerprint density at radius 3 is 2.33 bits per heavy atom. The molecule has 3 aromatic carbocycles. The minimum Gasteiger partial charge on any atom is -0.453 e. The monoisotopic (exact) mass is 394 g/mol. The first-order chi connectivity index (χ1) is 14.7. The lowest BCUT2D eigenvalue weighted by Crippen LogP contribution is -2.04. The predicted molar refractivity (Wildman–Crippen MR) is 117 cm³/mol. The molecule has 0 spiro atoms. The van der Waals surface area contributed by atoms with Crippen LogP contribution in [0, 0.1) is 0 Å². The van der Waals surface area contributed by atoms with Crippen molar-refractivity contribution in [2.75, 3.05) is 0 Å². The Balaban J connectivity index is 1.48. The molecule has 0 aliphatic rings. The lowest BCUT2D eigenvalue weighted by Gasteiger charge is -2.05. The molecule has 0 saturated carbocycles. The Morgan fingerprint density at radius 2 is 1.50 bits per heavy atom. The van der Waals surface area contributed by atoms with Gasteiger partial charge in [-0.05, 0) is 42.0 Å². The van der Waals surface area contributed by atoms with E-state index in [1.54, 1.807) is 36.4 Å². The van der Waals surface area contributed by atoms with Crippen molar-refractivity contribution in [2.24, 2.45) is 0 Å². The fourth-order valence-corrected chi connectivity index (χ4v) is 2.93. The smallest absolute Gasteiger partial charge is 0.336 e. The zero-order valence-corrected chi connectivity index (χ0v) is 16.0. The number of rotatable bonds is 6. The van der Waals surface area contributed by atoms with Crippen LogP contribution in [-0.2, 0) is 4.79 Å². The highest BCUT2D eigenvalue weighted by molar-refractivity contribution is 6.07. The molecule has 0 atom stereocenters. The number of fused-ring (bicyclic) bond motifs is 1. The van der Waals surface area contributed by atoms with Gasteiger partial charge in [0.15, 0.2) is 5.76 Å². The largest absolute Gasteiger partial charge is 0.453 e. The summed E-state index contributed by atoms with van der Waals surface area (Å²) in [6.45, 7) is 0. The molecular weight excluding hydrogens is 376 g/mol. The molecule has 0 bridgehead atoms. The highest BCUT2D eigenvalue weighted by Crippen LogP contribution is 2.22. The third-order valence-electron chi connectivity index (χ3n) is 4.42. The highest BCUT2D eigenvalue weighted by Gasteiger charge is 2.10. The van der Waals surface area contributed by atoms with Gasteiger partial charge in [0, 0.05) is 17.0 Å². The van der Waals surface area contributed by atoms with Gasteiger partial charge in [0.2, 0.25) is 5.78 Å². The number of ketones is 1. The lowest BCUT2D eigenvalue weighted by atomic mass is 10.1. The first-order valence-corrected chi connectivity index (χ1v) is 9.44. The summed E-state index contributed by atoms with van der Waals surface area (Å²) in [4.78, 5) is 24.7. The Hall–Kier alpha value is -4.18. The first kappa shape index (κ1) is 19.2. The van der Waals surface area contributed by atoms with Gasteiger partial charge >= 0.3 is 5.97 Å². The zero-order chi connectivity index (χ0) is 20.8. The number of carbonyl (C=O) groups is 2. The van der Waals surface area contributed by atoms with Crippen LogP contribution >= 0.6 is 0 Å². The second-order valence-corrected chi connectivity index (χ2v) is 6.55. The molecular formula is C26H18O4. The molecule has 4 rings (SSSR count). The van der Waals surface area contributed by atoms with E-state index in [2.05, 4.69) is 0 Å². The van der Waals surface area contributed by atoms with E-state index < -0.39 is 5.97 Å². The second-order valence-electron chi connectivity index (χ2n) is 6.55. The maximum absolute atomic E-state index is 12.5. The second kappa shape index (κ2) is 8.88. The number of benzene rings is 3. The number of hydrogen-bond donors (Lipinski definition) is 0. The molecule has 30 heavy (non-hydrogen) atoms. The fraction of sp³-hybridized carbons (Fsp3) is 0. The van der Waals surface area contributed by atoms with E-state index in [1.165, 1.54) is 12.2 Å². The van der Waals surface area contributed by atoms with Crippen molar-refractivity contribution in [3.8, 4) is 5.75 Å². The van der Waals surface area contributed by atoms with Crippen molar-refractivity contribution >= 4 is 34.9 Å². The molecule has 4 aromatic rings. The lowest BCUT2D eigenvalue weighted by molar-refractivity contribution is -0.128. The van der Waals surface area contributed by atoms with Gasteiger partial charge in [-0.2, -0.15) is 0 Å². The predicted octanol–water partition coefficient (Wildman–Crippen LogP) is 5.95. The summed E-state index contributed by atoms with van der Waals surface area (Å²) in [6.07, 6.45) is 6.07. The topological polar surface area (TPSA) is 56.5 Å². The van der Waals surface area contributed by atoms with Crippen LogP contribution in [0.4, 0.5) is 0 Å². The first-order valence-electron chi connectivity index (χ1n) is 9.44. The molecule has 0 amide bonds. The fourth-order valence-electron chi connectivity index (χ4n) is 2.93. The molecule has 4 heteroatoms. The highest BCUT2D eigenvalue weighted by atomic mass is 16.5. The summed E-state index contributed by atoms with van der Waals surface area (Å²) in [5, 5.41) is 0.869.